The maximum Gasteiger partial charge on any atom is 0.416 e. The van der Waals surface area contributed by atoms with E-state index in [9.17, 15) is 13.2 Å². The Hall–Kier alpha value is -1.19. The molecular weight excluding hydrogens is 181 g/mol. The van der Waals surface area contributed by atoms with Crippen molar-refractivity contribution >= 4 is 0 Å². The highest BCUT2D eigenvalue weighted by Crippen LogP contribution is 2.34. The Bertz CT molecular complexity index is 304. The highest BCUT2D eigenvalue weighted by molar-refractivity contribution is 5.43. The van der Waals surface area contributed by atoms with E-state index in [1.54, 1.807) is 0 Å². The molecule has 1 nitrogen and oxygen atoms in total. The van der Waals surface area contributed by atoms with Crippen molar-refractivity contribution in [1.29, 1.82) is 0 Å². The number of halogens is 3. The summed E-state index contributed by atoms with van der Waals surface area (Å²) >= 11 is 0. The Morgan fingerprint density at radius 3 is 2.38 bits per heavy atom. The number of rotatable bonds is 1. The maximum atomic E-state index is 12.3. The topological polar surface area (TPSA) is 9.23 Å². The first-order chi connectivity index (χ1) is 5.96. The van der Waals surface area contributed by atoms with Gasteiger partial charge in [0.1, 0.15) is 5.75 Å². The van der Waals surface area contributed by atoms with Gasteiger partial charge in [0.05, 0.1) is 12.7 Å². The molecular formula is C9H8F3O. The highest BCUT2D eigenvalue weighted by atomic mass is 19.4. The molecule has 0 aliphatic carbocycles. The molecule has 0 saturated carbocycles. The number of benzene rings is 1. The minimum absolute atomic E-state index is 0.127. The van der Waals surface area contributed by atoms with Crippen LogP contribution in [0.25, 0.3) is 0 Å². The van der Waals surface area contributed by atoms with Crippen LogP contribution in [0.2, 0.25) is 0 Å². The van der Waals surface area contributed by atoms with Crippen LogP contribution in [0.15, 0.2) is 18.2 Å². The van der Waals surface area contributed by atoms with Crippen LogP contribution in [0.5, 0.6) is 5.75 Å². The summed E-state index contributed by atoms with van der Waals surface area (Å²) in [5.41, 5.74) is -0.885. The van der Waals surface area contributed by atoms with Crippen LogP contribution in [0.1, 0.15) is 11.1 Å². The molecule has 0 heterocycles. The van der Waals surface area contributed by atoms with Crippen molar-refractivity contribution in [2.24, 2.45) is 0 Å². The van der Waals surface area contributed by atoms with Gasteiger partial charge < -0.3 is 4.74 Å². The Labute approximate surface area is 74.1 Å². The van der Waals surface area contributed by atoms with E-state index in [0.29, 0.717) is 0 Å². The molecule has 0 saturated heterocycles. The quantitative estimate of drug-likeness (QED) is 0.660. The van der Waals surface area contributed by atoms with Crippen molar-refractivity contribution < 1.29 is 17.9 Å². The number of hydrogen-bond donors (Lipinski definition) is 0. The van der Waals surface area contributed by atoms with Gasteiger partial charge in [0, 0.05) is 5.56 Å². The van der Waals surface area contributed by atoms with Gasteiger partial charge in [0.15, 0.2) is 0 Å². The van der Waals surface area contributed by atoms with Gasteiger partial charge in [-0.05, 0) is 19.1 Å². The van der Waals surface area contributed by atoms with Gasteiger partial charge in [0.2, 0.25) is 0 Å². The number of ether oxygens (including phenoxy) is 1. The van der Waals surface area contributed by atoms with Crippen LogP contribution in [-0.2, 0) is 6.18 Å². The number of alkyl halides is 3. The zero-order valence-corrected chi connectivity index (χ0v) is 6.98. The summed E-state index contributed by atoms with van der Waals surface area (Å²) in [7, 11) is 1.31. The summed E-state index contributed by atoms with van der Waals surface area (Å²) < 4.78 is 41.5. The average molecular weight is 189 g/mol. The largest absolute Gasteiger partial charge is 0.496 e. The Balaban J connectivity index is 3.24. The van der Waals surface area contributed by atoms with Crippen LogP contribution in [0, 0.1) is 6.92 Å². The number of methoxy groups -OCH3 is 1. The molecule has 0 atom stereocenters. The second-order valence-corrected chi connectivity index (χ2v) is 2.48. The molecule has 0 N–H and O–H groups in total. The summed E-state index contributed by atoms with van der Waals surface area (Å²) in [5.74, 6) is 0.148. The van der Waals surface area contributed by atoms with Crippen LogP contribution < -0.4 is 4.74 Å². The molecule has 1 radical (unpaired) electrons. The molecule has 0 unspecified atom stereocenters. The molecule has 0 bridgehead atoms. The second kappa shape index (κ2) is 3.28. The number of hydrogen-bond acceptors (Lipinski definition) is 1. The van der Waals surface area contributed by atoms with Crippen LogP contribution in [0.4, 0.5) is 13.2 Å². The predicted molar refractivity (Wildman–Crippen MR) is 42.5 cm³/mol. The van der Waals surface area contributed by atoms with Gasteiger partial charge in [-0.15, -0.1) is 0 Å². The molecule has 0 fully saturated rings. The van der Waals surface area contributed by atoms with Crippen LogP contribution in [-0.4, -0.2) is 7.11 Å². The molecule has 4 heteroatoms. The van der Waals surface area contributed by atoms with E-state index in [4.69, 9.17) is 4.74 Å². The monoisotopic (exact) mass is 189 g/mol. The lowest BCUT2D eigenvalue weighted by atomic mass is 10.1. The lowest BCUT2D eigenvalue weighted by Gasteiger charge is -2.12. The van der Waals surface area contributed by atoms with E-state index in [-0.39, 0.29) is 11.3 Å². The van der Waals surface area contributed by atoms with Crippen molar-refractivity contribution in [3.8, 4) is 5.75 Å². The van der Waals surface area contributed by atoms with Gasteiger partial charge in [-0.3, -0.25) is 0 Å². The zero-order chi connectivity index (χ0) is 10.1. The van der Waals surface area contributed by atoms with Gasteiger partial charge in [-0.2, -0.15) is 13.2 Å². The van der Waals surface area contributed by atoms with Crippen molar-refractivity contribution in [2.45, 2.75) is 6.18 Å². The van der Waals surface area contributed by atoms with E-state index in [2.05, 4.69) is 6.92 Å². The third kappa shape index (κ3) is 1.94. The minimum Gasteiger partial charge on any atom is -0.496 e. The summed E-state index contributed by atoms with van der Waals surface area (Å²) in [6, 6.07) is 3.71. The summed E-state index contributed by atoms with van der Waals surface area (Å²) in [5, 5.41) is 0. The van der Waals surface area contributed by atoms with Crippen molar-refractivity contribution in [2.75, 3.05) is 7.11 Å². The average Bonchev–Trinajstić information content (AvgIpc) is 2.02. The van der Waals surface area contributed by atoms with Gasteiger partial charge in [-0.25, -0.2) is 0 Å². The second-order valence-electron chi connectivity index (χ2n) is 2.48. The minimum atomic E-state index is -4.37. The third-order valence-electron chi connectivity index (χ3n) is 1.66. The molecule has 0 spiro atoms. The molecule has 71 valence electrons. The Morgan fingerprint density at radius 1 is 1.31 bits per heavy atom. The molecule has 1 rings (SSSR count). The zero-order valence-electron chi connectivity index (χ0n) is 6.98. The molecule has 0 aromatic heterocycles. The van der Waals surface area contributed by atoms with E-state index in [0.717, 1.165) is 6.07 Å². The summed E-state index contributed by atoms with van der Waals surface area (Å²) in [4.78, 5) is 0. The molecule has 13 heavy (non-hydrogen) atoms. The van der Waals surface area contributed by atoms with Crippen molar-refractivity contribution in [3.05, 3.63) is 36.2 Å². The molecule has 0 aliphatic rings. The fourth-order valence-electron chi connectivity index (χ4n) is 1.02. The van der Waals surface area contributed by atoms with Gasteiger partial charge in [0.25, 0.3) is 0 Å². The third-order valence-corrected chi connectivity index (χ3v) is 1.66. The molecule has 1 aromatic carbocycles. The van der Waals surface area contributed by atoms with E-state index >= 15 is 0 Å². The predicted octanol–water partition coefficient (Wildman–Crippen LogP) is 2.90. The Morgan fingerprint density at radius 2 is 1.92 bits per heavy atom. The normalized spacial score (nSPS) is 11.5. The van der Waals surface area contributed by atoms with Gasteiger partial charge in [-0.1, -0.05) is 6.07 Å². The molecule has 0 amide bonds. The summed E-state index contributed by atoms with van der Waals surface area (Å²) in [6.07, 6.45) is -4.37. The van der Waals surface area contributed by atoms with E-state index in [1.165, 1.54) is 19.2 Å². The first-order valence-electron chi connectivity index (χ1n) is 3.53. The smallest absolute Gasteiger partial charge is 0.416 e. The molecule has 0 aliphatic heterocycles. The van der Waals surface area contributed by atoms with E-state index < -0.39 is 11.7 Å². The Kier molecular flexibility index (Phi) is 2.50. The highest BCUT2D eigenvalue weighted by Gasteiger charge is 2.33. The fraction of sp³-hybridized carbons (Fsp3) is 0.222. The lowest BCUT2D eigenvalue weighted by molar-refractivity contribution is -0.137. The van der Waals surface area contributed by atoms with E-state index in [1.807, 2.05) is 0 Å². The first-order valence-corrected chi connectivity index (χ1v) is 3.53. The molecule has 1 aromatic rings. The van der Waals surface area contributed by atoms with Crippen LogP contribution >= 0.6 is 0 Å². The van der Waals surface area contributed by atoms with Crippen LogP contribution in [0.3, 0.4) is 0 Å². The standard InChI is InChI=1S/C9H8F3O/c1-6-7(9(10,11)12)4-3-5-8(6)13-2/h3-5H,1H2,2H3. The maximum absolute atomic E-state index is 12.3. The summed E-state index contributed by atoms with van der Waals surface area (Å²) in [6.45, 7) is 3.31. The lowest BCUT2D eigenvalue weighted by Crippen LogP contribution is -2.07. The fourth-order valence-corrected chi connectivity index (χ4v) is 1.02. The van der Waals surface area contributed by atoms with Gasteiger partial charge >= 0.3 is 6.18 Å². The SMILES string of the molecule is [CH2]c1c(OC)cccc1C(F)(F)F. The van der Waals surface area contributed by atoms with Crippen molar-refractivity contribution in [3.63, 3.8) is 0 Å². The van der Waals surface area contributed by atoms with Crippen molar-refractivity contribution in [1.82, 2.24) is 0 Å². The first kappa shape index (κ1) is 9.89.